The van der Waals surface area contributed by atoms with E-state index in [-0.39, 0.29) is 17.8 Å². The van der Waals surface area contributed by atoms with Crippen molar-refractivity contribution >= 4 is 39.8 Å². The molecule has 0 saturated heterocycles. The van der Waals surface area contributed by atoms with Crippen molar-refractivity contribution in [3.8, 4) is 5.69 Å². The highest BCUT2D eigenvalue weighted by Crippen LogP contribution is 2.32. The van der Waals surface area contributed by atoms with Gasteiger partial charge in [-0.3, -0.25) is 19.2 Å². The monoisotopic (exact) mass is 496 g/mol. The molecule has 4 aromatic rings. The quantitative estimate of drug-likeness (QED) is 0.302. The Morgan fingerprint density at radius 3 is 2.47 bits per heavy atom. The number of para-hydroxylation sites is 1. The number of amides is 1. The lowest BCUT2D eigenvalue weighted by Gasteiger charge is -2.20. The number of aromatic nitrogens is 4. The Balaban J connectivity index is 1.59. The largest absolute Gasteiger partial charge is 0.300 e. The molecule has 1 amide bonds. The summed E-state index contributed by atoms with van der Waals surface area (Å²) in [5.74, 6) is 0.923. The summed E-state index contributed by atoms with van der Waals surface area (Å²) < 4.78 is 15.5. The first-order valence-corrected chi connectivity index (χ1v) is 12.5. The second-order valence-corrected chi connectivity index (χ2v) is 9.67. The van der Waals surface area contributed by atoms with E-state index in [4.69, 9.17) is 4.98 Å². The Bertz CT molecular complexity index is 1260. The first-order valence-electron chi connectivity index (χ1n) is 10.7. The fraction of sp³-hybridized carbons (Fsp3) is 0.250. The van der Waals surface area contributed by atoms with Gasteiger partial charge in [0.15, 0.2) is 16.1 Å². The molecule has 0 saturated carbocycles. The molecular formula is C24H25FN6OS2. The molecule has 0 bridgehead atoms. The smallest absolute Gasteiger partial charge is 0.230 e. The third kappa shape index (κ3) is 5.19. The van der Waals surface area contributed by atoms with Crippen molar-refractivity contribution in [1.29, 1.82) is 0 Å². The second-order valence-electron chi connectivity index (χ2n) is 7.89. The number of halogens is 1. The number of rotatable bonds is 8. The molecule has 0 fully saturated rings. The van der Waals surface area contributed by atoms with Crippen LogP contribution in [0.5, 0.6) is 0 Å². The maximum Gasteiger partial charge on any atom is 0.230 e. The van der Waals surface area contributed by atoms with Gasteiger partial charge >= 0.3 is 0 Å². The van der Waals surface area contributed by atoms with Crippen molar-refractivity contribution in [2.24, 2.45) is 0 Å². The van der Waals surface area contributed by atoms with Crippen LogP contribution in [0.1, 0.15) is 31.4 Å². The molecule has 2 aromatic heterocycles. The van der Waals surface area contributed by atoms with Gasteiger partial charge in [-0.1, -0.05) is 30.0 Å². The zero-order valence-electron chi connectivity index (χ0n) is 19.3. The van der Waals surface area contributed by atoms with Crippen LogP contribution in [0.25, 0.3) is 5.69 Å². The summed E-state index contributed by atoms with van der Waals surface area (Å²) in [6.45, 7) is 3.58. The Morgan fingerprint density at radius 2 is 1.82 bits per heavy atom. The minimum atomic E-state index is -0.295. The number of anilines is 2. The molecule has 10 heteroatoms. The first-order chi connectivity index (χ1) is 16.3. The number of nitrogens with zero attached hydrogens (tertiary/aromatic N) is 6. The van der Waals surface area contributed by atoms with Crippen LogP contribution >= 0.6 is 23.1 Å². The fourth-order valence-electron chi connectivity index (χ4n) is 3.32. The average Bonchev–Trinajstić information content (AvgIpc) is 3.45. The highest BCUT2D eigenvalue weighted by atomic mass is 32.2. The predicted octanol–water partition coefficient (Wildman–Crippen LogP) is 5.46. The molecule has 176 valence electrons. The Morgan fingerprint density at radius 1 is 1.12 bits per heavy atom. The maximum atomic E-state index is 13.5. The number of hydrogen-bond donors (Lipinski definition) is 0. The van der Waals surface area contributed by atoms with Crippen LogP contribution in [-0.2, 0) is 10.5 Å². The summed E-state index contributed by atoms with van der Waals surface area (Å²) in [4.78, 5) is 20.7. The van der Waals surface area contributed by atoms with E-state index in [0.29, 0.717) is 16.0 Å². The van der Waals surface area contributed by atoms with Gasteiger partial charge in [-0.2, -0.15) is 0 Å². The van der Waals surface area contributed by atoms with Crippen LogP contribution in [0.15, 0.2) is 65.1 Å². The Hall–Kier alpha value is -3.08. The molecule has 0 unspecified atom stereocenters. The van der Waals surface area contributed by atoms with E-state index >= 15 is 0 Å². The third-order valence-electron chi connectivity index (χ3n) is 5.30. The number of hydrogen-bond acceptors (Lipinski definition) is 7. The normalized spacial score (nSPS) is 12.2. The van der Waals surface area contributed by atoms with Crippen molar-refractivity contribution in [1.82, 2.24) is 24.6 Å². The number of thioether (sulfide) groups is 1. The molecule has 7 nitrogen and oxygen atoms in total. The lowest BCUT2D eigenvalue weighted by atomic mass is 10.2. The summed E-state index contributed by atoms with van der Waals surface area (Å²) >= 11 is 2.92. The van der Waals surface area contributed by atoms with Crippen LogP contribution in [0.2, 0.25) is 0 Å². The highest BCUT2D eigenvalue weighted by molar-refractivity contribution is 7.98. The summed E-state index contributed by atoms with van der Waals surface area (Å²) in [5.41, 5.74) is 2.41. The molecule has 0 aliphatic rings. The van der Waals surface area contributed by atoms with Crippen LogP contribution in [0.4, 0.5) is 15.2 Å². The van der Waals surface area contributed by atoms with E-state index in [1.807, 2.05) is 66.2 Å². The van der Waals surface area contributed by atoms with E-state index in [1.165, 1.54) is 42.2 Å². The zero-order valence-corrected chi connectivity index (χ0v) is 21.0. The van der Waals surface area contributed by atoms with Gasteiger partial charge in [-0.25, -0.2) is 9.37 Å². The third-order valence-corrected chi connectivity index (χ3v) is 7.14. The van der Waals surface area contributed by atoms with Gasteiger partial charge in [0.25, 0.3) is 0 Å². The topological polar surface area (TPSA) is 67.2 Å². The Labute approximate surface area is 206 Å². The lowest BCUT2D eigenvalue weighted by molar-refractivity contribution is -0.115. The van der Waals surface area contributed by atoms with Crippen molar-refractivity contribution < 1.29 is 9.18 Å². The van der Waals surface area contributed by atoms with E-state index < -0.39 is 0 Å². The fourth-order valence-corrected chi connectivity index (χ4v) is 5.16. The molecule has 0 aliphatic heterocycles. The molecule has 1 atom stereocenters. The summed E-state index contributed by atoms with van der Waals surface area (Å²) in [5, 5.41) is 12.1. The predicted molar refractivity (Wildman–Crippen MR) is 134 cm³/mol. The highest BCUT2D eigenvalue weighted by Gasteiger charge is 2.22. The van der Waals surface area contributed by atoms with Crippen LogP contribution in [0.3, 0.4) is 0 Å². The summed E-state index contributed by atoms with van der Waals surface area (Å²) in [6.07, 6.45) is 0. The molecule has 0 radical (unpaired) electrons. The number of benzene rings is 2. The number of carbonyl (C=O) groups is 1. The number of carbonyl (C=O) groups excluding carboxylic acids is 1. The van der Waals surface area contributed by atoms with Gasteiger partial charge in [0.05, 0.1) is 17.4 Å². The molecule has 0 spiro atoms. The summed E-state index contributed by atoms with van der Waals surface area (Å²) in [6, 6.07) is 15.8. The first kappa shape index (κ1) is 24.1. The minimum Gasteiger partial charge on any atom is -0.300 e. The van der Waals surface area contributed by atoms with Gasteiger partial charge in [0, 0.05) is 23.7 Å². The van der Waals surface area contributed by atoms with Gasteiger partial charge in [0.2, 0.25) is 5.91 Å². The van der Waals surface area contributed by atoms with E-state index in [0.717, 1.165) is 22.9 Å². The van der Waals surface area contributed by atoms with Crippen LogP contribution in [0, 0.1) is 5.82 Å². The van der Waals surface area contributed by atoms with Gasteiger partial charge in [-0.05, 0) is 57.4 Å². The Kier molecular flexibility index (Phi) is 7.40. The lowest BCUT2D eigenvalue weighted by Crippen LogP contribution is -2.22. The van der Waals surface area contributed by atoms with Crippen molar-refractivity contribution in [3.05, 3.63) is 77.3 Å². The SMILES string of the molecule is CC(=O)N(c1ccccc1)c1nc(CSc2nnc([C@@H](C)N(C)C)n2-c2ccc(F)cc2)cs1. The minimum absolute atomic E-state index is 0.00720. The van der Waals surface area contributed by atoms with E-state index in [2.05, 4.69) is 10.2 Å². The van der Waals surface area contributed by atoms with Crippen molar-refractivity contribution in [2.75, 3.05) is 19.0 Å². The molecule has 4 rings (SSSR count). The molecule has 0 N–H and O–H groups in total. The van der Waals surface area contributed by atoms with Gasteiger partial charge < -0.3 is 0 Å². The van der Waals surface area contributed by atoms with Crippen LogP contribution < -0.4 is 4.90 Å². The molecule has 34 heavy (non-hydrogen) atoms. The average molecular weight is 497 g/mol. The van der Waals surface area contributed by atoms with E-state index in [9.17, 15) is 9.18 Å². The molecule has 2 heterocycles. The standard InChI is InChI=1S/C24H25FN6OS2/c1-16(29(3)4)22-27-28-24(31(22)21-12-10-18(25)11-13-21)34-15-19-14-33-23(26-19)30(17(2)32)20-8-6-5-7-9-20/h5-14,16H,15H2,1-4H3/t16-/m1/s1. The van der Waals surface area contributed by atoms with Crippen molar-refractivity contribution in [2.45, 2.75) is 30.8 Å². The van der Waals surface area contributed by atoms with E-state index in [1.54, 1.807) is 17.0 Å². The van der Waals surface area contributed by atoms with Crippen LogP contribution in [-0.4, -0.2) is 44.7 Å². The van der Waals surface area contributed by atoms with Crippen molar-refractivity contribution in [3.63, 3.8) is 0 Å². The second kappa shape index (κ2) is 10.5. The van der Waals surface area contributed by atoms with Gasteiger partial charge in [0.1, 0.15) is 5.82 Å². The molecule has 2 aromatic carbocycles. The molecule has 0 aliphatic carbocycles. The zero-order chi connectivity index (χ0) is 24.2. The summed E-state index contributed by atoms with van der Waals surface area (Å²) in [7, 11) is 3.96. The van der Waals surface area contributed by atoms with Gasteiger partial charge in [-0.15, -0.1) is 21.5 Å². The molecular weight excluding hydrogens is 471 g/mol. The number of thiazole rings is 1. The maximum absolute atomic E-state index is 13.5.